The molecule has 25 heavy (non-hydrogen) atoms. The molecule has 0 spiro atoms. The lowest BCUT2D eigenvalue weighted by molar-refractivity contribution is -0.137. The van der Waals surface area contributed by atoms with Gasteiger partial charge < -0.3 is 14.9 Å². The van der Waals surface area contributed by atoms with E-state index in [1.54, 1.807) is 13.8 Å². The number of carboxylic acids is 1. The molecule has 0 aliphatic carbocycles. The fourth-order valence-electron chi connectivity index (χ4n) is 2.52. The van der Waals surface area contributed by atoms with Gasteiger partial charge in [-0.1, -0.05) is 22.8 Å². The molecular weight excluding hydrogens is 351 g/mol. The van der Waals surface area contributed by atoms with Crippen LogP contribution in [0.25, 0.3) is 0 Å². The molecule has 2 aromatic rings. The Labute approximate surface area is 149 Å². The third kappa shape index (κ3) is 5.03. The molecule has 1 unspecified atom stereocenters. The molecule has 2 rings (SSSR count). The molecule has 0 aliphatic rings. The number of aryl methyl sites for hydroxylation is 2. The van der Waals surface area contributed by atoms with Gasteiger partial charge in [-0.15, -0.1) is 0 Å². The number of aliphatic carboxylic acids is 1. The minimum absolute atomic E-state index is 0.0671. The average Bonchev–Trinajstić information content (AvgIpc) is 2.85. The summed E-state index contributed by atoms with van der Waals surface area (Å²) in [6, 6.07) is 3.11. The largest absolute Gasteiger partial charge is 0.481 e. The van der Waals surface area contributed by atoms with Crippen LogP contribution in [0.5, 0.6) is 0 Å². The number of halogens is 2. The van der Waals surface area contributed by atoms with Crippen LogP contribution in [0.2, 0.25) is 5.02 Å². The van der Waals surface area contributed by atoms with Crippen LogP contribution in [0.1, 0.15) is 41.5 Å². The van der Waals surface area contributed by atoms with E-state index in [2.05, 4.69) is 10.5 Å². The number of nitrogens with zero attached hydrogens (tertiary/aromatic N) is 1. The molecule has 0 aliphatic heterocycles. The Balaban J connectivity index is 2.07. The van der Waals surface area contributed by atoms with Gasteiger partial charge >= 0.3 is 5.97 Å². The first-order chi connectivity index (χ1) is 11.8. The van der Waals surface area contributed by atoms with E-state index in [0.29, 0.717) is 23.4 Å². The number of benzene rings is 1. The minimum atomic E-state index is -1.11. The number of carbonyl (C=O) groups is 2. The number of hydrogen-bond donors (Lipinski definition) is 2. The Morgan fingerprint density at radius 2 is 2.12 bits per heavy atom. The quantitative estimate of drug-likeness (QED) is 0.781. The van der Waals surface area contributed by atoms with E-state index in [-0.39, 0.29) is 23.8 Å². The number of carboxylic acid groups (broad SMARTS) is 1. The second-order valence-corrected chi connectivity index (χ2v) is 6.10. The van der Waals surface area contributed by atoms with Gasteiger partial charge in [0.1, 0.15) is 11.6 Å². The summed E-state index contributed by atoms with van der Waals surface area (Å²) < 4.78 is 18.7. The van der Waals surface area contributed by atoms with Gasteiger partial charge in [-0.05, 0) is 38.0 Å². The molecule has 8 heteroatoms. The van der Waals surface area contributed by atoms with Crippen LogP contribution in [0, 0.1) is 19.7 Å². The minimum Gasteiger partial charge on any atom is -0.481 e. The van der Waals surface area contributed by atoms with E-state index in [1.165, 1.54) is 12.1 Å². The van der Waals surface area contributed by atoms with Crippen molar-refractivity contribution in [3.05, 3.63) is 51.6 Å². The molecule has 1 aromatic heterocycles. The third-order valence-electron chi connectivity index (χ3n) is 3.84. The van der Waals surface area contributed by atoms with E-state index in [9.17, 15) is 14.0 Å². The second-order valence-electron chi connectivity index (χ2n) is 5.69. The van der Waals surface area contributed by atoms with Crippen LogP contribution in [0.3, 0.4) is 0 Å². The van der Waals surface area contributed by atoms with Crippen LogP contribution < -0.4 is 5.32 Å². The lowest BCUT2D eigenvalue weighted by Gasteiger charge is -2.18. The normalized spacial score (nSPS) is 12.0. The number of amides is 1. The summed E-state index contributed by atoms with van der Waals surface area (Å²) in [7, 11) is 0. The Kier molecular flexibility index (Phi) is 6.14. The Morgan fingerprint density at radius 1 is 1.40 bits per heavy atom. The van der Waals surface area contributed by atoms with Gasteiger partial charge in [-0.2, -0.15) is 0 Å². The molecular formula is C17H18ClFN2O4. The second kappa shape index (κ2) is 8.11. The Bertz CT molecular complexity index is 771. The lowest BCUT2D eigenvalue weighted by Crippen LogP contribution is -2.30. The SMILES string of the molecule is Cc1noc(C)c1CCC(=O)NC(CC(=O)O)c1ccc(Cl)c(F)c1. The van der Waals surface area contributed by atoms with Gasteiger partial charge in [0, 0.05) is 12.0 Å². The van der Waals surface area contributed by atoms with Crippen LogP contribution in [-0.2, 0) is 16.0 Å². The highest BCUT2D eigenvalue weighted by Crippen LogP contribution is 2.23. The number of nitrogens with one attached hydrogen (secondary N) is 1. The van der Waals surface area contributed by atoms with Crippen molar-refractivity contribution in [1.82, 2.24) is 10.5 Å². The molecule has 0 saturated heterocycles. The first-order valence-corrected chi connectivity index (χ1v) is 8.03. The number of rotatable bonds is 7. The smallest absolute Gasteiger partial charge is 0.305 e. The van der Waals surface area contributed by atoms with Gasteiger partial charge in [0.05, 0.1) is 23.2 Å². The zero-order valence-electron chi connectivity index (χ0n) is 13.8. The summed E-state index contributed by atoms with van der Waals surface area (Å²) in [5.41, 5.74) is 1.91. The van der Waals surface area contributed by atoms with E-state index >= 15 is 0 Å². The topological polar surface area (TPSA) is 92.4 Å². The summed E-state index contributed by atoms with van der Waals surface area (Å²) in [5, 5.41) is 15.4. The maximum absolute atomic E-state index is 13.6. The van der Waals surface area contributed by atoms with Crippen molar-refractivity contribution in [2.75, 3.05) is 0 Å². The highest BCUT2D eigenvalue weighted by molar-refractivity contribution is 6.30. The summed E-state index contributed by atoms with van der Waals surface area (Å²) in [5.74, 6) is -1.47. The van der Waals surface area contributed by atoms with Crippen molar-refractivity contribution in [3.63, 3.8) is 0 Å². The first kappa shape index (κ1) is 18.9. The molecule has 1 heterocycles. The highest BCUT2D eigenvalue weighted by Gasteiger charge is 2.20. The zero-order valence-corrected chi connectivity index (χ0v) is 14.6. The molecule has 134 valence electrons. The lowest BCUT2D eigenvalue weighted by atomic mass is 10.0. The zero-order chi connectivity index (χ0) is 18.6. The molecule has 1 amide bonds. The molecule has 2 N–H and O–H groups in total. The Hall–Kier alpha value is -2.41. The highest BCUT2D eigenvalue weighted by atomic mass is 35.5. The summed E-state index contributed by atoms with van der Waals surface area (Å²) >= 11 is 5.64. The molecule has 0 saturated carbocycles. The standard InChI is InChI=1S/C17H18ClFN2O4/c1-9-12(10(2)25-21-9)4-6-16(22)20-15(8-17(23)24)11-3-5-13(18)14(19)7-11/h3,5,7,15H,4,6,8H2,1-2H3,(H,20,22)(H,23,24). The fraction of sp³-hybridized carbons (Fsp3) is 0.353. The van der Waals surface area contributed by atoms with Crippen molar-refractivity contribution < 1.29 is 23.6 Å². The van der Waals surface area contributed by atoms with Crippen LogP contribution in [-0.4, -0.2) is 22.1 Å². The van der Waals surface area contributed by atoms with Crippen molar-refractivity contribution in [2.45, 2.75) is 39.2 Å². The summed E-state index contributed by atoms with van der Waals surface area (Å²) in [6.07, 6.45) is 0.189. The van der Waals surface area contributed by atoms with Crippen LogP contribution in [0.15, 0.2) is 22.7 Å². The fourth-order valence-corrected chi connectivity index (χ4v) is 2.64. The molecule has 0 fully saturated rings. The maximum Gasteiger partial charge on any atom is 0.305 e. The summed E-state index contributed by atoms with van der Waals surface area (Å²) in [4.78, 5) is 23.3. The van der Waals surface area contributed by atoms with Gasteiger partial charge in [-0.3, -0.25) is 9.59 Å². The van der Waals surface area contributed by atoms with Crippen molar-refractivity contribution in [1.29, 1.82) is 0 Å². The molecule has 1 aromatic carbocycles. The van der Waals surface area contributed by atoms with Gasteiger partial charge in [0.25, 0.3) is 0 Å². The number of carbonyl (C=O) groups excluding carboxylic acids is 1. The third-order valence-corrected chi connectivity index (χ3v) is 4.15. The van der Waals surface area contributed by atoms with Gasteiger partial charge in [0.15, 0.2) is 0 Å². The molecule has 6 nitrogen and oxygen atoms in total. The van der Waals surface area contributed by atoms with Crippen molar-refractivity contribution >= 4 is 23.5 Å². The van der Waals surface area contributed by atoms with E-state index in [0.717, 1.165) is 11.6 Å². The molecule has 1 atom stereocenters. The predicted octanol–water partition coefficient (Wildman–Crippen LogP) is 3.35. The van der Waals surface area contributed by atoms with Crippen LogP contribution in [0.4, 0.5) is 4.39 Å². The number of hydrogen-bond acceptors (Lipinski definition) is 4. The average molecular weight is 369 g/mol. The van der Waals surface area contributed by atoms with E-state index < -0.39 is 17.8 Å². The molecule has 0 radical (unpaired) electrons. The number of aromatic nitrogens is 1. The monoisotopic (exact) mass is 368 g/mol. The maximum atomic E-state index is 13.6. The Morgan fingerprint density at radius 3 is 2.68 bits per heavy atom. The van der Waals surface area contributed by atoms with E-state index in [1.807, 2.05) is 0 Å². The first-order valence-electron chi connectivity index (χ1n) is 7.65. The van der Waals surface area contributed by atoms with Gasteiger partial charge in [-0.25, -0.2) is 4.39 Å². The van der Waals surface area contributed by atoms with Crippen LogP contribution >= 0.6 is 11.6 Å². The molecule has 0 bridgehead atoms. The summed E-state index contributed by atoms with van der Waals surface area (Å²) in [6.45, 7) is 3.55. The van der Waals surface area contributed by atoms with Gasteiger partial charge in [0.2, 0.25) is 5.91 Å². The predicted molar refractivity (Wildman–Crippen MR) is 88.8 cm³/mol. The van der Waals surface area contributed by atoms with Crippen molar-refractivity contribution in [3.8, 4) is 0 Å². The van der Waals surface area contributed by atoms with Crippen molar-refractivity contribution in [2.24, 2.45) is 0 Å². The van der Waals surface area contributed by atoms with E-state index in [4.69, 9.17) is 21.2 Å².